The smallest absolute Gasteiger partial charge is 0.115 e. The predicted molar refractivity (Wildman–Crippen MR) is 87.5 cm³/mol. The molecule has 0 aliphatic carbocycles. The molecule has 0 bridgehead atoms. The normalized spacial score (nSPS) is 12.7. The number of hydrogen-bond donors (Lipinski definition) is 2. The first kappa shape index (κ1) is 13.3. The Balaban J connectivity index is 1.95. The molecule has 3 rings (SSSR count). The molecule has 0 spiro atoms. The van der Waals surface area contributed by atoms with E-state index in [0.717, 1.165) is 38.0 Å². The zero-order chi connectivity index (χ0) is 14.1. The lowest BCUT2D eigenvalue weighted by molar-refractivity contribution is 0.743. The molecule has 2 heterocycles. The van der Waals surface area contributed by atoms with Crippen LogP contribution in [0.1, 0.15) is 29.4 Å². The first-order valence-electron chi connectivity index (χ1n) is 6.50. The number of benzene rings is 1. The molecule has 20 heavy (non-hydrogen) atoms. The second-order valence-corrected chi connectivity index (χ2v) is 6.78. The monoisotopic (exact) mass is 304 g/mol. The van der Waals surface area contributed by atoms with Crippen LogP contribution in [0.3, 0.4) is 0 Å². The van der Waals surface area contributed by atoms with E-state index in [9.17, 15) is 0 Å². The van der Waals surface area contributed by atoms with Crippen molar-refractivity contribution < 1.29 is 0 Å². The Morgan fingerprint density at radius 2 is 2.25 bits per heavy atom. The van der Waals surface area contributed by atoms with Crippen LogP contribution in [0.25, 0.3) is 10.2 Å². The summed E-state index contributed by atoms with van der Waals surface area (Å²) in [5.41, 5.74) is 8.85. The van der Waals surface area contributed by atoms with E-state index in [4.69, 9.17) is 5.73 Å². The van der Waals surface area contributed by atoms with Crippen molar-refractivity contribution >= 4 is 44.3 Å². The van der Waals surface area contributed by atoms with Crippen molar-refractivity contribution in [2.45, 2.75) is 26.3 Å². The number of aromatic nitrogens is 2. The van der Waals surface area contributed by atoms with Gasteiger partial charge in [-0.25, -0.2) is 9.97 Å². The molecule has 0 radical (unpaired) electrons. The summed E-state index contributed by atoms with van der Waals surface area (Å²) in [6.45, 7) is 4.15. The fourth-order valence-corrected chi connectivity index (χ4v) is 3.79. The summed E-state index contributed by atoms with van der Waals surface area (Å²) in [7, 11) is 0. The van der Waals surface area contributed by atoms with E-state index in [0.29, 0.717) is 0 Å². The molecule has 104 valence electrons. The zero-order valence-corrected chi connectivity index (χ0v) is 13.0. The molecule has 0 saturated heterocycles. The molecule has 0 aliphatic rings. The van der Waals surface area contributed by atoms with Crippen LogP contribution in [0, 0.1) is 6.92 Å². The summed E-state index contributed by atoms with van der Waals surface area (Å²) in [5, 5.41) is 7.63. The Morgan fingerprint density at radius 3 is 2.95 bits per heavy atom. The van der Waals surface area contributed by atoms with Gasteiger partial charge in [0, 0.05) is 11.6 Å². The van der Waals surface area contributed by atoms with Gasteiger partial charge in [0.25, 0.3) is 0 Å². The highest BCUT2D eigenvalue weighted by Gasteiger charge is 2.14. The molecule has 0 aliphatic heterocycles. The van der Waals surface area contributed by atoms with E-state index in [2.05, 4.69) is 22.2 Å². The van der Waals surface area contributed by atoms with E-state index in [1.54, 1.807) is 22.7 Å². The summed E-state index contributed by atoms with van der Waals surface area (Å²) < 4.78 is 1.13. The molecule has 1 atom stereocenters. The van der Waals surface area contributed by atoms with Crippen LogP contribution >= 0.6 is 22.7 Å². The van der Waals surface area contributed by atoms with Crippen LogP contribution in [-0.2, 0) is 0 Å². The fourth-order valence-electron chi connectivity index (χ4n) is 2.16. The topological polar surface area (TPSA) is 63.8 Å². The summed E-state index contributed by atoms with van der Waals surface area (Å²) in [5.74, 6) is 0. The minimum Gasteiger partial charge on any atom is -0.397 e. The Labute approximate surface area is 125 Å². The van der Waals surface area contributed by atoms with Gasteiger partial charge in [0.05, 0.1) is 32.6 Å². The number of aryl methyl sites for hydroxylation is 1. The summed E-state index contributed by atoms with van der Waals surface area (Å²) in [6, 6.07) is 4.22. The third-order valence-electron chi connectivity index (χ3n) is 3.15. The number of nitrogens with zero attached hydrogens (tertiary/aromatic N) is 2. The molecule has 0 fully saturated rings. The molecule has 4 nitrogen and oxygen atoms in total. The minimum atomic E-state index is 0.189. The molecule has 1 aromatic carbocycles. The second-order valence-electron chi connectivity index (χ2n) is 4.62. The van der Waals surface area contributed by atoms with Crippen molar-refractivity contribution in [1.29, 1.82) is 0 Å². The predicted octanol–water partition coefficient (Wildman–Crippen LogP) is 4.21. The molecule has 3 N–H and O–H groups in total. The van der Waals surface area contributed by atoms with E-state index < -0.39 is 0 Å². The van der Waals surface area contributed by atoms with Gasteiger partial charge in [-0.05, 0) is 25.5 Å². The SMILES string of the molecule is CCC(Nc1cc2nc(C)sc2cc1N)c1nccs1. The number of rotatable bonds is 4. The van der Waals surface area contributed by atoms with Crippen molar-refractivity contribution in [2.75, 3.05) is 11.1 Å². The number of nitrogen functional groups attached to an aromatic ring is 1. The van der Waals surface area contributed by atoms with Gasteiger partial charge in [-0.15, -0.1) is 22.7 Å². The van der Waals surface area contributed by atoms with Gasteiger partial charge in [-0.1, -0.05) is 6.92 Å². The molecule has 0 saturated carbocycles. The van der Waals surface area contributed by atoms with Crippen LogP contribution in [0.15, 0.2) is 23.7 Å². The number of fused-ring (bicyclic) bond motifs is 1. The van der Waals surface area contributed by atoms with Crippen LogP contribution in [-0.4, -0.2) is 9.97 Å². The molecule has 0 amide bonds. The highest BCUT2D eigenvalue weighted by atomic mass is 32.1. The van der Waals surface area contributed by atoms with Gasteiger partial charge < -0.3 is 11.1 Å². The first-order chi connectivity index (χ1) is 9.67. The standard InChI is InChI=1S/C14H16N4S2/c1-3-10(14-16-4-5-19-14)18-11-7-12-13(6-9(11)15)20-8(2)17-12/h4-7,10,18H,3,15H2,1-2H3. The minimum absolute atomic E-state index is 0.189. The summed E-state index contributed by atoms with van der Waals surface area (Å²) in [4.78, 5) is 8.90. The third kappa shape index (κ3) is 2.48. The fraction of sp³-hybridized carbons (Fsp3) is 0.286. The lowest BCUT2D eigenvalue weighted by Gasteiger charge is -2.17. The van der Waals surface area contributed by atoms with Gasteiger partial charge in [0.1, 0.15) is 5.01 Å². The van der Waals surface area contributed by atoms with Gasteiger partial charge in [0.15, 0.2) is 0 Å². The maximum atomic E-state index is 6.15. The maximum Gasteiger partial charge on any atom is 0.115 e. The molecular formula is C14H16N4S2. The first-order valence-corrected chi connectivity index (χ1v) is 8.19. The van der Waals surface area contributed by atoms with Gasteiger partial charge in [0.2, 0.25) is 0 Å². The van der Waals surface area contributed by atoms with Crippen molar-refractivity contribution in [3.63, 3.8) is 0 Å². The maximum absolute atomic E-state index is 6.15. The van der Waals surface area contributed by atoms with Crippen molar-refractivity contribution in [3.8, 4) is 0 Å². The zero-order valence-electron chi connectivity index (χ0n) is 11.4. The van der Waals surface area contributed by atoms with E-state index in [-0.39, 0.29) is 6.04 Å². The van der Waals surface area contributed by atoms with Crippen molar-refractivity contribution in [1.82, 2.24) is 9.97 Å². The molecule has 2 aromatic heterocycles. The van der Waals surface area contributed by atoms with Crippen molar-refractivity contribution in [3.05, 3.63) is 33.7 Å². The Hall–Kier alpha value is -1.66. The average molecular weight is 304 g/mol. The van der Waals surface area contributed by atoms with Gasteiger partial charge >= 0.3 is 0 Å². The molecule has 6 heteroatoms. The number of hydrogen-bond acceptors (Lipinski definition) is 6. The number of nitrogens with two attached hydrogens (primary N) is 1. The van der Waals surface area contributed by atoms with Crippen LogP contribution < -0.4 is 11.1 Å². The Kier molecular flexibility index (Phi) is 3.58. The Morgan fingerprint density at radius 1 is 1.40 bits per heavy atom. The van der Waals surface area contributed by atoms with Crippen molar-refractivity contribution in [2.24, 2.45) is 0 Å². The van der Waals surface area contributed by atoms with Crippen LogP contribution in [0.4, 0.5) is 11.4 Å². The summed E-state index contributed by atoms with van der Waals surface area (Å²) >= 11 is 3.33. The summed E-state index contributed by atoms with van der Waals surface area (Å²) in [6.07, 6.45) is 2.79. The highest BCUT2D eigenvalue weighted by Crippen LogP contribution is 2.33. The quantitative estimate of drug-likeness (QED) is 0.709. The number of anilines is 2. The lowest BCUT2D eigenvalue weighted by Crippen LogP contribution is -2.10. The van der Waals surface area contributed by atoms with Gasteiger partial charge in [-0.2, -0.15) is 0 Å². The van der Waals surface area contributed by atoms with E-state index >= 15 is 0 Å². The van der Waals surface area contributed by atoms with Crippen LogP contribution in [0.5, 0.6) is 0 Å². The van der Waals surface area contributed by atoms with Gasteiger partial charge in [-0.3, -0.25) is 0 Å². The van der Waals surface area contributed by atoms with E-state index in [1.165, 1.54) is 0 Å². The van der Waals surface area contributed by atoms with E-state index in [1.807, 2.05) is 30.6 Å². The average Bonchev–Trinajstić information content (AvgIpc) is 3.04. The lowest BCUT2D eigenvalue weighted by atomic mass is 10.2. The molecule has 1 unspecified atom stereocenters. The Bertz CT molecular complexity index is 718. The second kappa shape index (κ2) is 5.38. The molecule has 3 aromatic rings. The largest absolute Gasteiger partial charge is 0.397 e. The highest BCUT2D eigenvalue weighted by molar-refractivity contribution is 7.18. The van der Waals surface area contributed by atoms with Crippen LogP contribution in [0.2, 0.25) is 0 Å². The number of nitrogens with one attached hydrogen (secondary N) is 1. The number of thiazole rings is 2. The molecular weight excluding hydrogens is 288 g/mol. The third-order valence-corrected chi connectivity index (χ3v) is 4.98.